The van der Waals surface area contributed by atoms with Gasteiger partial charge in [0, 0.05) is 65.6 Å². The molecule has 0 radical (unpaired) electrons. The van der Waals surface area contributed by atoms with E-state index in [9.17, 15) is 0 Å². The van der Waals surface area contributed by atoms with Crippen LogP contribution < -0.4 is 0 Å². The molecular weight excluding hydrogens is 805 g/mol. The molecule has 4 heteroatoms. The number of hydrogen-bond acceptors (Lipinski definition) is 2. The second-order valence-corrected chi connectivity index (χ2v) is 17.6. The van der Waals surface area contributed by atoms with Crippen LogP contribution in [-0.2, 0) is 0 Å². The molecule has 0 N–H and O–H groups in total. The molecule has 0 aliphatic heterocycles. The largest absolute Gasteiger partial charge is 0.455 e. The van der Waals surface area contributed by atoms with Crippen LogP contribution in [-0.4, -0.2) is 9.13 Å². The van der Waals surface area contributed by atoms with Crippen molar-refractivity contribution in [2.24, 2.45) is 0 Å². The van der Waals surface area contributed by atoms with Crippen molar-refractivity contribution in [3.05, 3.63) is 218 Å². The number of rotatable bonds is 4. The van der Waals surface area contributed by atoms with Gasteiger partial charge < -0.3 is 18.0 Å². The third kappa shape index (κ3) is 4.93. The second-order valence-electron chi connectivity index (χ2n) is 17.6. The minimum absolute atomic E-state index is 0.839. The first-order chi connectivity index (χ1) is 32.7. The van der Waals surface area contributed by atoms with Crippen LogP contribution in [0.2, 0.25) is 0 Å². The fourth-order valence-electron chi connectivity index (χ4n) is 11.2. The lowest BCUT2D eigenvalue weighted by atomic mass is 9.90. The van der Waals surface area contributed by atoms with E-state index in [0.29, 0.717) is 0 Å². The zero-order chi connectivity index (χ0) is 43.0. The first-order valence-electron chi connectivity index (χ1n) is 22.6. The molecule has 0 fully saturated rings. The van der Waals surface area contributed by atoms with Crippen molar-refractivity contribution in [1.29, 1.82) is 0 Å². The van der Waals surface area contributed by atoms with Crippen LogP contribution in [0, 0.1) is 0 Å². The van der Waals surface area contributed by atoms with E-state index in [4.69, 9.17) is 8.83 Å². The number of furan rings is 2. The summed E-state index contributed by atoms with van der Waals surface area (Å²) in [5.41, 5.74) is 14.6. The minimum Gasteiger partial charge on any atom is -0.455 e. The zero-order valence-corrected chi connectivity index (χ0v) is 35.5. The van der Waals surface area contributed by atoms with Crippen LogP contribution in [0.1, 0.15) is 0 Å². The summed E-state index contributed by atoms with van der Waals surface area (Å²) in [6, 6.07) is 78.7. The van der Waals surface area contributed by atoms with Gasteiger partial charge in [-0.15, -0.1) is 0 Å². The van der Waals surface area contributed by atoms with E-state index < -0.39 is 0 Å². The van der Waals surface area contributed by atoms with Crippen LogP contribution in [0.15, 0.2) is 227 Å². The van der Waals surface area contributed by atoms with Gasteiger partial charge >= 0.3 is 0 Å². The minimum atomic E-state index is 0.839. The Morgan fingerprint density at radius 3 is 1.00 bits per heavy atom. The molecule has 0 amide bonds. The van der Waals surface area contributed by atoms with Crippen molar-refractivity contribution in [2.75, 3.05) is 0 Å². The van der Waals surface area contributed by atoms with Gasteiger partial charge in [0.15, 0.2) is 0 Å². The van der Waals surface area contributed by atoms with Gasteiger partial charge in [-0.05, 0) is 105 Å². The van der Waals surface area contributed by atoms with Gasteiger partial charge in [-0.3, -0.25) is 0 Å². The van der Waals surface area contributed by atoms with Gasteiger partial charge in [0.2, 0.25) is 0 Å². The summed E-state index contributed by atoms with van der Waals surface area (Å²) in [7, 11) is 0. The average Bonchev–Trinajstić information content (AvgIpc) is 4.12. The Bertz CT molecular complexity index is 4110. The van der Waals surface area contributed by atoms with Gasteiger partial charge in [0.1, 0.15) is 22.3 Å². The summed E-state index contributed by atoms with van der Waals surface area (Å²) in [5, 5.41) is 13.7. The molecule has 0 spiro atoms. The number of hydrogen-bond donors (Lipinski definition) is 0. The Kier molecular flexibility index (Phi) is 7.19. The van der Waals surface area contributed by atoms with Crippen molar-refractivity contribution in [3.63, 3.8) is 0 Å². The molecule has 4 nitrogen and oxygen atoms in total. The maximum Gasteiger partial charge on any atom is 0.144 e. The molecule has 0 saturated heterocycles. The highest BCUT2D eigenvalue weighted by Gasteiger charge is 2.27. The number of fused-ring (bicyclic) bond motifs is 14. The van der Waals surface area contributed by atoms with Gasteiger partial charge in [-0.25, -0.2) is 0 Å². The van der Waals surface area contributed by atoms with Crippen LogP contribution in [0.3, 0.4) is 0 Å². The maximum atomic E-state index is 7.27. The molecule has 15 rings (SSSR count). The van der Waals surface area contributed by atoms with Crippen molar-refractivity contribution < 1.29 is 8.83 Å². The van der Waals surface area contributed by atoms with Gasteiger partial charge in [0.25, 0.3) is 0 Å². The van der Waals surface area contributed by atoms with Crippen LogP contribution >= 0.6 is 0 Å². The van der Waals surface area contributed by atoms with Crippen molar-refractivity contribution in [3.8, 4) is 33.6 Å². The number of benzene rings is 11. The molecule has 0 atom stereocenters. The smallest absolute Gasteiger partial charge is 0.144 e. The quantitative estimate of drug-likeness (QED) is 0.177. The van der Waals surface area contributed by atoms with Crippen LogP contribution in [0.25, 0.3) is 143 Å². The summed E-state index contributed by atoms with van der Waals surface area (Å²) < 4.78 is 19.3. The molecule has 0 aliphatic rings. The predicted octanol–water partition coefficient (Wildman–Crippen LogP) is 17.3. The van der Waals surface area contributed by atoms with E-state index in [-0.39, 0.29) is 0 Å². The van der Waals surface area contributed by atoms with Gasteiger partial charge in [-0.1, -0.05) is 146 Å². The summed E-state index contributed by atoms with van der Waals surface area (Å²) in [6.45, 7) is 0. The average molecular weight is 841 g/mol. The summed E-state index contributed by atoms with van der Waals surface area (Å²) in [4.78, 5) is 0. The Hall–Kier alpha value is -8.86. The summed E-state index contributed by atoms with van der Waals surface area (Å²) in [6.07, 6.45) is 0. The van der Waals surface area contributed by atoms with E-state index >= 15 is 0 Å². The molecule has 0 aliphatic carbocycles. The molecular formula is C62H36N2O2. The van der Waals surface area contributed by atoms with Crippen molar-refractivity contribution in [1.82, 2.24) is 9.13 Å². The predicted molar refractivity (Wildman–Crippen MR) is 276 cm³/mol. The third-order valence-corrected chi connectivity index (χ3v) is 14.0. The summed E-state index contributed by atoms with van der Waals surface area (Å²) in [5.74, 6) is 0. The summed E-state index contributed by atoms with van der Waals surface area (Å²) >= 11 is 0. The molecule has 4 aromatic heterocycles. The van der Waals surface area contributed by atoms with Gasteiger partial charge in [-0.2, -0.15) is 0 Å². The molecule has 0 bridgehead atoms. The number of para-hydroxylation sites is 4. The van der Waals surface area contributed by atoms with E-state index in [2.05, 4.69) is 228 Å². The SMILES string of the molecule is c1ccc(-c2c3oc4cc5cc(-n6c7ccccc7c7ccccc76)ccc5cc4c3c(-c3ccccc3)c3oc4cc5cc(-n6c7ccccc7c7ccccc76)ccc5cc4c23)cc1. The standard InChI is InChI=1S/C62H36N2O2/c1-3-15-37(16-4-1)57-59-49-33-39-27-29-43(63-51-23-11-7-19-45(51)46-20-8-12-24-52(46)63)31-41(39)35-55(49)66-62(59)58(38-17-5-2-6-18-38)60-50-34-40-28-30-44(32-42(40)36-56(50)65-61(57)60)64-53-25-13-9-21-47(53)48-22-10-14-26-54(48)64/h1-36H. The molecule has 11 aromatic carbocycles. The van der Waals surface area contributed by atoms with E-state index in [0.717, 1.165) is 99.1 Å². The Morgan fingerprint density at radius 1 is 0.273 bits per heavy atom. The van der Waals surface area contributed by atoms with E-state index in [1.54, 1.807) is 0 Å². The molecule has 306 valence electrons. The first kappa shape index (κ1) is 35.6. The normalized spacial score (nSPS) is 12.2. The lowest BCUT2D eigenvalue weighted by Gasteiger charge is -2.11. The molecule has 15 aromatic rings. The third-order valence-electron chi connectivity index (χ3n) is 14.0. The molecule has 4 heterocycles. The fourth-order valence-corrected chi connectivity index (χ4v) is 11.2. The van der Waals surface area contributed by atoms with Crippen molar-refractivity contribution >= 4 is 109 Å². The molecule has 66 heavy (non-hydrogen) atoms. The highest BCUT2D eigenvalue weighted by atomic mass is 16.3. The highest BCUT2D eigenvalue weighted by Crippen LogP contribution is 2.51. The first-order valence-corrected chi connectivity index (χ1v) is 22.6. The van der Waals surface area contributed by atoms with E-state index in [1.165, 1.54) is 43.6 Å². The lowest BCUT2D eigenvalue weighted by Crippen LogP contribution is -1.93. The molecule has 0 unspecified atom stereocenters. The highest BCUT2D eigenvalue weighted by molar-refractivity contribution is 6.31. The number of aromatic nitrogens is 2. The number of nitrogens with zero attached hydrogens (tertiary/aromatic N) is 2. The zero-order valence-electron chi connectivity index (χ0n) is 35.5. The van der Waals surface area contributed by atoms with Crippen LogP contribution in [0.4, 0.5) is 0 Å². The van der Waals surface area contributed by atoms with E-state index in [1.807, 2.05) is 0 Å². The molecule has 0 saturated carbocycles. The topological polar surface area (TPSA) is 36.1 Å². The Morgan fingerprint density at radius 2 is 0.621 bits per heavy atom. The second kappa shape index (κ2) is 13.3. The van der Waals surface area contributed by atoms with Gasteiger partial charge in [0.05, 0.1) is 22.1 Å². The lowest BCUT2D eigenvalue weighted by molar-refractivity contribution is 0.666. The van der Waals surface area contributed by atoms with Crippen LogP contribution in [0.5, 0.6) is 0 Å². The van der Waals surface area contributed by atoms with Crippen molar-refractivity contribution in [2.45, 2.75) is 0 Å². The maximum absolute atomic E-state index is 7.27. The fraction of sp³-hybridized carbons (Fsp3) is 0. The monoisotopic (exact) mass is 840 g/mol. The Labute approximate surface area is 377 Å². The Balaban J connectivity index is 1.01.